The molecule has 5 aromatic rings. The molecule has 2 amide bonds. The number of benzene rings is 2. The Morgan fingerprint density at radius 1 is 1.11 bits per heavy atom. The minimum Gasteiger partial charge on any atom is -0.449 e. The molecule has 12 heteroatoms. The highest BCUT2D eigenvalue weighted by Crippen LogP contribution is 2.32. The van der Waals surface area contributed by atoms with Gasteiger partial charge in [0.05, 0.1) is 10.6 Å². The fourth-order valence-electron chi connectivity index (χ4n) is 3.68. The van der Waals surface area contributed by atoms with Crippen molar-refractivity contribution in [3.05, 3.63) is 85.8 Å². The smallest absolute Gasteiger partial charge is 0.294 e. The molecule has 0 bridgehead atoms. The fourth-order valence-corrected chi connectivity index (χ4v) is 4.31. The fraction of sp³-hybridized carbons (Fsp3) is 0.0800. The number of amides is 2. The minimum atomic E-state index is -0.485. The Kier molecular flexibility index (Phi) is 6.74. The number of rotatable bonds is 6. The van der Waals surface area contributed by atoms with Gasteiger partial charge in [-0.25, -0.2) is 4.98 Å². The first-order chi connectivity index (χ1) is 17.8. The molecule has 0 saturated carbocycles. The number of nitrogens with zero attached hydrogens (tertiary/aromatic N) is 2. The van der Waals surface area contributed by atoms with Crippen LogP contribution in [0.4, 0.5) is 5.69 Å². The summed E-state index contributed by atoms with van der Waals surface area (Å²) in [6, 6.07) is 13.1. The minimum absolute atomic E-state index is 0.116. The number of carbonyl (C=O) groups excluding carboxylic acids is 2. The van der Waals surface area contributed by atoms with Crippen LogP contribution >= 0.6 is 27.5 Å². The number of nitrogens with two attached hydrogens (primary N) is 1. The van der Waals surface area contributed by atoms with Gasteiger partial charge in [0.2, 0.25) is 5.58 Å². The largest absolute Gasteiger partial charge is 0.449 e. The highest BCUT2D eigenvalue weighted by Gasteiger charge is 2.17. The van der Waals surface area contributed by atoms with Crippen LogP contribution < -0.4 is 21.9 Å². The molecule has 3 heterocycles. The number of H-pyrrole nitrogens is 1. The molecule has 5 N–H and O–H groups in total. The van der Waals surface area contributed by atoms with E-state index in [9.17, 15) is 14.4 Å². The number of hydrogen-bond acceptors (Lipinski definition) is 7. The van der Waals surface area contributed by atoms with E-state index < -0.39 is 11.5 Å². The van der Waals surface area contributed by atoms with Crippen LogP contribution in [-0.2, 0) is 0 Å². The summed E-state index contributed by atoms with van der Waals surface area (Å²) in [4.78, 5) is 48.6. The van der Waals surface area contributed by atoms with Gasteiger partial charge in [0.15, 0.2) is 0 Å². The maximum atomic E-state index is 12.7. The van der Waals surface area contributed by atoms with Gasteiger partial charge in [0.1, 0.15) is 22.6 Å². The lowest BCUT2D eigenvalue weighted by Crippen LogP contribution is -2.29. The molecular formula is C25H18BrClN6O4. The van der Waals surface area contributed by atoms with E-state index in [1.807, 2.05) is 12.1 Å². The zero-order valence-electron chi connectivity index (χ0n) is 19.0. The summed E-state index contributed by atoms with van der Waals surface area (Å²) in [5.74, 6) is -0.553. The van der Waals surface area contributed by atoms with E-state index in [0.29, 0.717) is 46.4 Å². The Bertz CT molecular complexity index is 1730. The van der Waals surface area contributed by atoms with Gasteiger partial charge in [-0.15, -0.1) is 0 Å². The molecule has 5 rings (SSSR count). The van der Waals surface area contributed by atoms with Crippen molar-refractivity contribution in [3.8, 4) is 11.4 Å². The van der Waals surface area contributed by atoms with Crippen LogP contribution in [0.2, 0.25) is 5.02 Å². The molecular weight excluding hydrogens is 564 g/mol. The van der Waals surface area contributed by atoms with Crippen LogP contribution in [0.5, 0.6) is 0 Å². The monoisotopic (exact) mass is 580 g/mol. The zero-order chi connectivity index (χ0) is 26.1. The molecule has 0 aliphatic rings. The van der Waals surface area contributed by atoms with Gasteiger partial charge < -0.3 is 25.8 Å². The molecule has 37 heavy (non-hydrogen) atoms. The Morgan fingerprint density at radius 2 is 1.95 bits per heavy atom. The number of nitrogens with one attached hydrogen (secondary N) is 3. The first kappa shape index (κ1) is 24.6. The van der Waals surface area contributed by atoms with E-state index in [2.05, 4.69) is 41.5 Å². The average molecular weight is 582 g/mol. The standard InChI is InChI=1S/C25H18BrClN6O4/c26-13-2-6-19-16(9-13)20-21(37-19)25(36)33-22(32-20)15-4-3-14(10-17(15)27)31-24(35)18-5-1-12(11-30-18)23(34)29-8-7-28/h1-6,9-11H,7-8,28H2,(H,29,34)(H,31,35)(H,32,33,36). The zero-order valence-corrected chi connectivity index (χ0v) is 21.3. The van der Waals surface area contributed by atoms with E-state index in [-0.39, 0.29) is 28.0 Å². The van der Waals surface area contributed by atoms with Crippen molar-refractivity contribution >= 4 is 67.1 Å². The molecule has 0 atom stereocenters. The lowest BCUT2D eigenvalue weighted by atomic mass is 10.1. The number of carbonyl (C=O) groups is 2. The van der Waals surface area contributed by atoms with Crippen molar-refractivity contribution in [2.45, 2.75) is 0 Å². The third-order valence-corrected chi connectivity index (χ3v) is 6.26. The number of aromatic nitrogens is 3. The van der Waals surface area contributed by atoms with Crippen LogP contribution in [0.1, 0.15) is 20.8 Å². The number of fused-ring (bicyclic) bond motifs is 3. The molecule has 0 aliphatic carbocycles. The maximum Gasteiger partial charge on any atom is 0.294 e. The molecule has 186 valence electrons. The highest BCUT2D eigenvalue weighted by molar-refractivity contribution is 9.10. The summed E-state index contributed by atoms with van der Waals surface area (Å²) in [6.07, 6.45) is 1.31. The van der Waals surface area contributed by atoms with Crippen LogP contribution in [-0.4, -0.2) is 39.9 Å². The molecule has 0 radical (unpaired) electrons. The molecule has 0 aliphatic heterocycles. The van der Waals surface area contributed by atoms with Crippen molar-refractivity contribution in [3.63, 3.8) is 0 Å². The van der Waals surface area contributed by atoms with Crippen LogP contribution in [0, 0.1) is 0 Å². The van der Waals surface area contributed by atoms with Crippen LogP contribution in [0.3, 0.4) is 0 Å². The van der Waals surface area contributed by atoms with E-state index in [1.165, 1.54) is 24.4 Å². The van der Waals surface area contributed by atoms with Gasteiger partial charge in [0, 0.05) is 40.4 Å². The molecule has 0 unspecified atom stereocenters. The van der Waals surface area contributed by atoms with Gasteiger partial charge in [-0.2, -0.15) is 0 Å². The Balaban J connectivity index is 1.39. The lowest BCUT2D eigenvalue weighted by Gasteiger charge is -2.09. The van der Waals surface area contributed by atoms with E-state index in [1.54, 1.807) is 18.2 Å². The predicted octanol–water partition coefficient (Wildman–Crippen LogP) is 4.09. The van der Waals surface area contributed by atoms with Gasteiger partial charge >= 0.3 is 0 Å². The van der Waals surface area contributed by atoms with Crippen molar-refractivity contribution in [2.24, 2.45) is 5.73 Å². The van der Waals surface area contributed by atoms with Crippen molar-refractivity contribution < 1.29 is 14.0 Å². The number of pyridine rings is 1. The molecule has 2 aromatic carbocycles. The number of aromatic amines is 1. The van der Waals surface area contributed by atoms with Gasteiger partial charge in [-0.05, 0) is 48.5 Å². The van der Waals surface area contributed by atoms with Gasteiger partial charge in [-0.1, -0.05) is 27.5 Å². The predicted molar refractivity (Wildman–Crippen MR) is 144 cm³/mol. The third-order valence-electron chi connectivity index (χ3n) is 5.46. The topological polar surface area (TPSA) is 156 Å². The Morgan fingerprint density at radius 3 is 2.68 bits per heavy atom. The second-order valence-electron chi connectivity index (χ2n) is 7.96. The molecule has 0 saturated heterocycles. The summed E-state index contributed by atoms with van der Waals surface area (Å²) >= 11 is 9.92. The third kappa shape index (κ3) is 4.96. The quantitative estimate of drug-likeness (QED) is 0.235. The summed E-state index contributed by atoms with van der Waals surface area (Å²) in [5.41, 5.74) is 7.31. The van der Waals surface area contributed by atoms with E-state index in [0.717, 1.165) is 4.47 Å². The summed E-state index contributed by atoms with van der Waals surface area (Å²) < 4.78 is 6.48. The normalized spacial score (nSPS) is 11.1. The summed E-state index contributed by atoms with van der Waals surface area (Å²) in [5, 5.41) is 6.29. The van der Waals surface area contributed by atoms with E-state index in [4.69, 9.17) is 21.8 Å². The second-order valence-corrected chi connectivity index (χ2v) is 9.28. The van der Waals surface area contributed by atoms with Crippen molar-refractivity contribution in [1.82, 2.24) is 20.3 Å². The molecule has 0 fully saturated rings. The summed E-state index contributed by atoms with van der Waals surface area (Å²) in [6.45, 7) is 0.658. The lowest BCUT2D eigenvalue weighted by molar-refractivity contribution is 0.0952. The Hall–Kier alpha value is -4.06. The molecule has 0 spiro atoms. The molecule has 3 aromatic heterocycles. The maximum absolute atomic E-state index is 12.7. The number of hydrogen-bond donors (Lipinski definition) is 4. The van der Waals surface area contributed by atoms with Crippen LogP contribution in [0.25, 0.3) is 33.5 Å². The number of furan rings is 1. The van der Waals surface area contributed by atoms with Gasteiger partial charge in [0.25, 0.3) is 17.4 Å². The van der Waals surface area contributed by atoms with E-state index >= 15 is 0 Å². The molecule has 10 nitrogen and oxygen atoms in total. The van der Waals surface area contributed by atoms with Crippen molar-refractivity contribution in [1.29, 1.82) is 0 Å². The first-order valence-corrected chi connectivity index (χ1v) is 12.2. The number of anilines is 1. The van der Waals surface area contributed by atoms with Crippen molar-refractivity contribution in [2.75, 3.05) is 18.4 Å². The highest BCUT2D eigenvalue weighted by atomic mass is 79.9. The second kappa shape index (κ2) is 10.1. The number of halogens is 2. The summed E-state index contributed by atoms with van der Waals surface area (Å²) in [7, 11) is 0. The van der Waals surface area contributed by atoms with Gasteiger partial charge in [-0.3, -0.25) is 19.4 Å². The SMILES string of the molecule is NCCNC(=O)c1ccc(C(=O)Nc2ccc(-c3nc4c(oc5ccc(Br)cc54)c(=O)[nH]3)c(Cl)c2)nc1. The average Bonchev–Trinajstić information content (AvgIpc) is 3.26. The van der Waals surface area contributed by atoms with Crippen LogP contribution in [0.15, 0.2) is 68.4 Å². The Labute approximate surface area is 222 Å². The first-order valence-electron chi connectivity index (χ1n) is 11.0.